The summed E-state index contributed by atoms with van der Waals surface area (Å²) in [6, 6.07) is 24.1. The third-order valence-corrected chi connectivity index (χ3v) is 4.76. The Morgan fingerprint density at radius 1 is 0.708 bits per heavy atom. The lowest BCUT2D eigenvalue weighted by atomic mass is 9.85. The first kappa shape index (κ1) is 16.1. The van der Waals surface area contributed by atoms with E-state index in [1.807, 2.05) is 36.4 Å². The van der Waals surface area contributed by atoms with E-state index in [0.717, 1.165) is 16.8 Å². The van der Waals surface area contributed by atoms with Gasteiger partial charge >= 0.3 is 0 Å². The van der Waals surface area contributed by atoms with E-state index < -0.39 is 0 Å². The molecule has 0 fully saturated rings. The second kappa shape index (κ2) is 6.79. The highest BCUT2D eigenvalue weighted by Gasteiger charge is 2.19. The van der Waals surface area contributed by atoms with Gasteiger partial charge < -0.3 is 10.8 Å². The number of hydrogen-bond donors (Lipinski definition) is 2. The average molecular weight is 317 g/mol. The monoisotopic (exact) mass is 317 g/mol. The number of hydrogen-bond acceptors (Lipinski definition) is 2. The maximum Gasteiger partial charge on any atom is 0.116 e. The van der Waals surface area contributed by atoms with Crippen LogP contribution in [0.1, 0.15) is 47.9 Å². The fourth-order valence-electron chi connectivity index (χ4n) is 3.24. The molecule has 0 aliphatic rings. The summed E-state index contributed by atoms with van der Waals surface area (Å²) in [4.78, 5) is 0. The smallest absolute Gasteiger partial charge is 0.116 e. The number of aromatic hydroxyl groups is 1. The molecule has 3 aromatic rings. The van der Waals surface area contributed by atoms with Crippen molar-refractivity contribution in [3.8, 4) is 5.75 Å². The third kappa shape index (κ3) is 3.13. The topological polar surface area (TPSA) is 46.2 Å². The Balaban J connectivity index is 2.05. The van der Waals surface area contributed by atoms with Gasteiger partial charge in [-0.15, -0.1) is 0 Å². The van der Waals surface area contributed by atoms with E-state index in [1.165, 1.54) is 11.1 Å². The molecule has 3 N–H and O–H groups in total. The average Bonchev–Trinajstić information content (AvgIpc) is 2.63. The molecular weight excluding hydrogens is 294 g/mol. The van der Waals surface area contributed by atoms with Crippen LogP contribution in [0.3, 0.4) is 0 Å². The number of phenolic OH excluding ortho intramolecular Hbond substituents is 1. The molecule has 0 unspecified atom stereocenters. The first-order valence-corrected chi connectivity index (χ1v) is 8.30. The Morgan fingerprint density at radius 2 is 1.08 bits per heavy atom. The van der Waals surface area contributed by atoms with E-state index in [0.29, 0.717) is 0 Å². The highest BCUT2D eigenvalue weighted by Crippen LogP contribution is 2.38. The van der Waals surface area contributed by atoms with Gasteiger partial charge in [-0.25, -0.2) is 0 Å². The van der Waals surface area contributed by atoms with Crippen LogP contribution in [0, 0.1) is 0 Å². The Morgan fingerprint density at radius 3 is 1.46 bits per heavy atom. The van der Waals surface area contributed by atoms with Gasteiger partial charge in [0, 0.05) is 17.5 Å². The van der Waals surface area contributed by atoms with Crippen LogP contribution in [0.5, 0.6) is 5.75 Å². The van der Waals surface area contributed by atoms with Crippen molar-refractivity contribution in [1.29, 1.82) is 0 Å². The summed E-state index contributed by atoms with van der Waals surface area (Å²) >= 11 is 0. The molecule has 2 nitrogen and oxygen atoms in total. The molecule has 0 aliphatic carbocycles. The largest absolute Gasteiger partial charge is 0.508 e. The van der Waals surface area contributed by atoms with Crippen molar-refractivity contribution in [3.05, 3.63) is 95.1 Å². The molecule has 0 amide bonds. The first-order chi connectivity index (χ1) is 11.6. The van der Waals surface area contributed by atoms with Crippen molar-refractivity contribution >= 4 is 5.69 Å². The zero-order valence-electron chi connectivity index (χ0n) is 14.1. The van der Waals surface area contributed by atoms with Crippen LogP contribution in [0.2, 0.25) is 0 Å². The highest BCUT2D eigenvalue weighted by atomic mass is 16.3. The maximum atomic E-state index is 10.3. The van der Waals surface area contributed by atoms with Gasteiger partial charge in [-0.2, -0.15) is 0 Å². The number of nitrogen functional groups attached to an aromatic ring is 1. The lowest BCUT2D eigenvalue weighted by Crippen LogP contribution is -2.07. The lowest BCUT2D eigenvalue weighted by molar-refractivity contribution is 0.473. The van der Waals surface area contributed by atoms with E-state index in [1.54, 1.807) is 12.1 Å². The maximum absolute atomic E-state index is 10.3. The summed E-state index contributed by atoms with van der Waals surface area (Å²) in [5, 5.41) is 10.3. The summed E-state index contributed by atoms with van der Waals surface area (Å²) in [6.07, 6.45) is 0. The molecule has 3 rings (SSSR count). The number of anilines is 1. The van der Waals surface area contributed by atoms with Crippen LogP contribution in [0.25, 0.3) is 0 Å². The zero-order valence-corrected chi connectivity index (χ0v) is 14.1. The van der Waals surface area contributed by atoms with Crippen LogP contribution < -0.4 is 5.73 Å². The van der Waals surface area contributed by atoms with Gasteiger partial charge in [0.15, 0.2) is 0 Å². The molecule has 0 radical (unpaired) electrons. The molecule has 0 spiro atoms. The summed E-state index contributed by atoms with van der Waals surface area (Å²) in [7, 11) is 0. The summed E-state index contributed by atoms with van der Waals surface area (Å²) < 4.78 is 0. The molecular formula is C22H23NO. The molecule has 0 saturated heterocycles. The van der Waals surface area contributed by atoms with Crippen LogP contribution in [0.15, 0.2) is 72.8 Å². The predicted octanol–water partition coefficient (Wildman–Crippen LogP) is 5.28. The van der Waals surface area contributed by atoms with Crippen LogP contribution >= 0.6 is 0 Å². The van der Waals surface area contributed by atoms with Crippen LogP contribution in [-0.4, -0.2) is 5.11 Å². The Bertz CT molecular complexity index is 745. The molecule has 122 valence electrons. The van der Waals surface area contributed by atoms with Gasteiger partial charge in [-0.1, -0.05) is 74.5 Å². The second-order valence-electron chi connectivity index (χ2n) is 6.30. The van der Waals surface area contributed by atoms with E-state index in [2.05, 4.69) is 38.1 Å². The molecule has 0 heterocycles. The summed E-state index contributed by atoms with van der Waals surface area (Å²) in [5.41, 5.74) is 11.6. The molecule has 3 aromatic carbocycles. The third-order valence-electron chi connectivity index (χ3n) is 4.76. The minimum absolute atomic E-state index is 0.125. The Labute approximate surface area is 143 Å². The molecule has 24 heavy (non-hydrogen) atoms. The highest BCUT2D eigenvalue weighted by molar-refractivity contribution is 5.62. The van der Waals surface area contributed by atoms with Crippen molar-refractivity contribution in [2.45, 2.75) is 25.7 Å². The Kier molecular flexibility index (Phi) is 4.57. The van der Waals surface area contributed by atoms with E-state index in [4.69, 9.17) is 5.73 Å². The minimum atomic E-state index is 0.125. The van der Waals surface area contributed by atoms with Gasteiger partial charge in [-0.05, 0) is 34.4 Å². The quantitative estimate of drug-likeness (QED) is 0.508. The van der Waals surface area contributed by atoms with Crippen molar-refractivity contribution in [1.82, 2.24) is 0 Å². The second-order valence-corrected chi connectivity index (χ2v) is 6.30. The standard InChI is InChI=1S/C22H23NO/c1-15(17-9-5-3-6-10-17)20-13-19(24)14-21(22(20)23)16(2)18-11-7-4-8-12-18/h3-16,24H,23H2,1-2H3/t15-,16-/m1/s1. The van der Waals surface area contributed by atoms with Crippen LogP contribution in [-0.2, 0) is 0 Å². The molecule has 0 aliphatic heterocycles. The number of benzene rings is 3. The van der Waals surface area contributed by atoms with Gasteiger partial charge in [0.2, 0.25) is 0 Å². The number of nitrogens with two attached hydrogens (primary N) is 1. The fraction of sp³-hybridized carbons (Fsp3) is 0.182. The van der Waals surface area contributed by atoms with Gasteiger partial charge in [0.05, 0.1) is 0 Å². The van der Waals surface area contributed by atoms with Crippen molar-refractivity contribution in [2.75, 3.05) is 5.73 Å². The van der Waals surface area contributed by atoms with E-state index >= 15 is 0 Å². The number of phenols is 1. The minimum Gasteiger partial charge on any atom is -0.508 e. The van der Waals surface area contributed by atoms with E-state index in [-0.39, 0.29) is 17.6 Å². The SMILES string of the molecule is C[C@H](c1ccccc1)c1cc(O)cc([C@H](C)c2ccccc2)c1N. The van der Waals surface area contributed by atoms with Crippen LogP contribution in [0.4, 0.5) is 5.69 Å². The predicted molar refractivity (Wildman–Crippen MR) is 100 cm³/mol. The first-order valence-electron chi connectivity index (χ1n) is 8.30. The lowest BCUT2D eigenvalue weighted by Gasteiger charge is -2.21. The van der Waals surface area contributed by atoms with Gasteiger partial charge in [-0.3, -0.25) is 0 Å². The van der Waals surface area contributed by atoms with Gasteiger partial charge in [0.1, 0.15) is 5.75 Å². The van der Waals surface area contributed by atoms with Crippen molar-refractivity contribution in [3.63, 3.8) is 0 Å². The molecule has 0 aromatic heterocycles. The molecule has 0 bridgehead atoms. The Hall–Kier alpha value is -2.74. The molecule has 0 saturated carbocycles. The molecule has 2 atom stereocenters. The summed E-state index contributed by atoms with van der Waals surface area (Å²) in [6.45, 7) is 4.24. The van der Waals surface area contributed by atoms with E-state index in [9.17, 15) is 5.11 Å². The van der Waals surface area contributed by atoms with Gasteiger partial charge in [0.25, 0.3) is 0 Å². The molecule has 2 heteroatoms. The number of rotatable bonds is 4. The summed E-state index contributed by atoms with van der Waals surface area (Å²) in [5.74, 6) is 0.514. The fourth-order valence-corrected chi connectivity index (χ4v) is 3.24. The normalized spacial score (nSPS) is 13.4. The van der Waals surface area contributed by atoms with Crippen molar-refractivity contribution < 1.29 is 5.11 Å². The zero-order chi connectivity index (χ0) is 17.1. The van der Waals surface area contributed by atoms with Crippen molar-refractivity contribution in [2.24, 2.45) is 0 Å².